The second-order valence-electron chi connectivity index (χ2n) is 7.80. The van der Waals surface area contributed by atoms with Gasteiger partial charge in [-0.3, -0.25) is 14.5 Å². The highest BCUT2D eigenvalue weighted by molar-refractivity contribution is 6.06. The van der Waals surface area contributed by atoms with Crippen LogP contribution in [0.2, 0.25) is 0 Å². The normalized spacial score (nSPS) is 20.4. The van der Waals surface area contributed by atoms with Crippen LogP contribution < -0.4 is 5.32 Å². The van der Waals surface area contributed by atoms with Crippen LogP contribution in [-0.2, 0) is 11.3 Å². The molecule has 0 radical (unpaired) electrons. The molecule has 0 aliphatic carbocycles. The molecule has 136 valence electrons. The fourth-order valence-electron chi connectivity index (χ4n) is 4.02. The third-order valence-electron chi connectivity index (χ3n) is 4.96. The van der Waals surface area contributed by atoms with Gasteiger partial charge in [0.1, 0.15) is 5.54 Å². The summed E-state index contributed by atoms with van der Waals surface area (Å²) >= 11 is 0. The number of urea groups is 1. The van der Waals surface area contributed by atoms with Crippen LogP contribution in [0.3, 0.4) is 0 Å². The van der Waals surface area contributed by atoms with E-state index in [0.29, 0.717) is 17.9 Å². The molecule has 1 N–H and O–H groups in total. The second-order valence-corrected chi connectivity index (χ2v) is 7.80. The summed E-state index contributed by atoms with van der Waals surface area (Å²) in [5.74, 6) is 0.0920. The number of ketones is 1. The van der Waals surface area contributed by atoms with Crippen molar-refractivity contribution in [3.05, 3.63) is 33.9 Å². The van der Waals surface area contributed by atoms with Crippen LogP contribution >= 0.6 is 0 Å². The maximum Gasteiger partial charge on any atom is 0.325 e. The van der Waals surface area contributed by atoms with E-state index in [2.05, 4.69) is 5.32 Å². The van der Waals surface area contributed by atoms with Gasteiger partial charge in [0.05, 0.1) is 6.54 Å². The van der Waals surface area contributed by atoms with Crippen LogP contribution in [0.5, 0.6) is 0 Å². The zero-order chi connectivity index (χ0) is 19.1. The van der Waals surface area contributed by atoms with Gasteiger partial charge in [-0.2, -0.15) is 0 Å². The minimum absolute atomic E-state index is 0.00176. The molecule has 1 aromatic rings. The first-order chi connectivity index (χ1) is 11.5. The van der Waals surface area contributed by atoms with Crippen LogP contribution in [0.1, 0.15) is 66.7 Å². The molecule has 0 unspecified atom stereocenters. The minimum atomic E-state index is -0.860. The molecule has 5 heteroatoms. The van der Waals surface area contributed by atoms with Gasteiger partial charge in [0.25, 0.3) is 5.91 Å². The van der Waals surface area contributed by atoms with Gasteiger partial charge >= 0.3 is 6.03 Å². The molecule has 1 atom stereocenters. The molecule has 0 bridgehead atoms. The van der Waals surface area contributed by atoms with Crippen molar-refractivity contribution in [3.63, 3.8) is 0 Å². The highest BCUT2D eigenvalue weighted by atomic mass is 16.2. The zero-order valence-corrected chi connectivity index (χ0v) is 16.2. The average Bonchev–Trinajstić information content (AvgIpc) is 2.63. The molecule has 2 rings (SSSR count). The Balaban J connectivity index is 2.40. The fraction of sp³-hybridized carbons (Fsp3) is 0.550. The third-order valence-corrected chi connectivity index (χ3v) is 4.96. The Morgan fingerprint density at radius 1 is 1.20 bits per heavy atom. The number of hydrogen-bond acceptors (Lipinski definition) is 3. The minimum Gasteiger partial charge on any atom is -0.323 e. The van der Waals surface area contributed by atoms with E-state index >= 15 is 0 Å². The van der Waals surface area contributed by atoms with Gasteiger partial charge in [0.15, 0.2) is 5.78 Å². The molecule has 5 nitrogen and oxygen atoms in total. The highest BCUT2D eigenvalue weighted by Crippen LogP contribution is 2.29. The summed E-state index contributed by atoms with van der Waals surface area (Å²) in [5, 5.41) is 2.84. The van der Waals surface area contributed by atoms with Gasteiger partial charge in [-0.1, -0.05) is 19.9 Å². The van der Waals surface area contributed by atoms with Gasteiger partial charge in [0.2, 0.25) is 0 Å². The lowest BCUT2D eigenvalue weighted by atomic mass is 9.89. The van der Waals surface area contributed by atoms with Crippen molar-refractivity contribution in [2.45, 2.75) is 67.0 Å². The predicted molar refractivity (Wildman–Crippen MR) is 97.6 cm³/mol. The van der Waals surface area contributed by atoms with Gasteiger partial charge in [0, 0.05) is 5.56 Å². The van der Waals surface area contributed by atoms with Crippen LogP contribution in [0.4, 0.5) is 4.79 Å². The molecular formula is C20H28N2O3. The van der Waals surface area contributed by atoms with E-state index in [1.165, 1.54) is 4.90 Å². The van der Waals surface area contributed by atoms with Crippen LogP contribution in [0, 0.1) is 26.7 Å². The highest BCUT2D eigenvalue weighted by Gasteiger charge is 2.47. The fourth-order valence-corrected chi connectivity index (χ4v) is 4.02. The molecule has 1 saturated heterocycles. The van der Waals surface area contributed by atoms with E-state index in [-0.39, 0.29) is 24.3 Å². The quantitative estimate of drug-likeness (QED) is 0.654. The van der Waals surface area contributed by atoms with Crippen molar-refractivity contribution in [1.29, 1.82) is 0 Å². The van der Waals surface area contributed by atoms with Crippen molar-refractivity contribution < 1.29 is 14.4 Å². The summed E-state index contributed by atoms with van der Waals surface area (Å²) in [7, 11) is 0. The largest absolute Gasteiger partial charge is 0.325 e. The van der Waals surface area contributed by atoms with Gasteiger partial charge in [-0.25, -0.2) is 4.79 Å². The van der Waals surface area contributed by atoms with Gasteiger partial charge < -0.3 is 5.32 Å². The summed E-state index contributed by atoms with van der Waals surface area (Å²) in [5.41, 5.74) is 3.45. The molecule has 1 heterocycles. The molecule has 3 amide bonds. The Kier molecular flexibility index (Phi) is 5.07. The van der Waals surface area contributed by atoms with Crippen molar-refractivity contribution in [3.8, 4) is 0 Å². The number of nitrogens with one attached hydrogen (secondary N) is 1. The number of rotatable bonds is 5. The molecule has 0 saturated carbocycles. The monoisotopic (exact) mass is 344 g/mol. The van der Waals surface area contributed by atoms with Crippen LogP contribution in [-0.4, -0.2) is 28.2 Å². The summed E-state index contributed by atoms with van der Waals surface area (Å²) in [4.78, 5) is 38.5. The summed E-state index contributed by atoms with van der Waals surface area (Å²) < 4.78 is 0. The first kappa shape index (κ1) is 19.2. The topological polar surface area (TPSA) is 66.5 Å². The molecule has 1 fully saturated rings. The van der Waals surface area contributed by atoms with Crippen LogP contribution in [0.25, 0.3) is 0 Å². The van der Waals surface area contributed by atoms with E-state index in [4.69, 9.17) is 0 Å². The number of hydrogen-bond donors (Lipinski definition) is 1. The third kappa shape index (κ3) is 3.46. The summed E-state index contributed by atoms with van der Waals surface area (Å²) in [6.45, 7) is 13.3. The van der Waals surface area contributed by atoms with Crippen molar-refractivity contribution >= 4 is 17.7 Å². The van der Waals surface area contributed by atoms with Crippen molar-refractivity contribution in [1.82, 2.24) is 10.2 Å². The standard InChI is InChI=1S/C20H28N2O3/c1-11(2)9-20(7)18(24)22(19(25)21-20)10-16-12(3)8-13(4)17(14(16)5)15(6)23/h8,11H,9-10H2,1-7H3,(H,21,25)/t20-/m0/s1. The Labute approximate surface area is 149 Å². The van der Waals surface area contributed by atoms with E-state index in [1.54, 1.807) is 13.8 Å². The number of imide groups is 1. The van der Waals surface area contributed by atoms with E-state index in [1.807, 2.05) is 40.7 Å². The Morgan fingerprint density at radius 3 is 2.32 bits per heavy atom. The molecule has 1 aliphatic rings. The lowest BCUT2D eigenvalue weighted by Crippen LogP contribution is -2.44. The molecule has 25 heavy (non-hydrogen) atoms. The Morgan fingerprint density at radius 2 is 1.80 bits per heavy atom. The number of benzene rings is 1. The molecule has 1 aliphatic heterocycles. The maximum absolute atomic E-state index is 12.9. The van der Waals surface area contributed by atoms with Gasteiger partial charge in [-0.05, 0) is 69.2 Å². The lowest BCUT2D eigenvalue weighted by Gasteiger charge is -2.24. The van der Waals surface area contributed by atoms with Gasteiger partial charge in [-0.15, -0.1) is 0 Å². The number of Topliss-reactive ketones (excluding diaryl/α,β-unsaturated/α-hetero) is 1. The smallest absolute Gasteiger partial charge is 0.323 e. The SMILES string of the molecule is CC(=O)c1c(C)cc(C)c(CN2C(=O)N[C@@](C)(CC(C)C)C2=O)c1C. The lowest BCUT2D eigenvalue weighted by molar-refractivity contribution is -0.131. The van der Waals surface area contributed by atoms with Crippen molar-refractivity contribution in [2.75, 3.05) is 0 Å². The number of nitrogens with zero attached hydrogens (tertiary/aromatic N) is 1. The summed E-state index contributed by atoms with van der Waals surface area (Å²) in [6, 6.07) is 1.59. The zero-order valence-electron chi connectivity index (χ0n) is 16.2. The molecular weight excluding hydrogens is 316 g/mol. The molecule has 0 aromatic heterocycles. The maximum atomic E-state index is 12.9. The van der Waals surface area contributed by atoms with E-state index < -0.39 is 5.54 Å². The molecule has 1 aromatic carbocycles. The summed E-state index contributed by atoms with van der Waals surface area (Å²) in [6.07, 6.45) is 0.596. The first-order valence-electron chi connectivity index (χ1n) is 8.72. The van der Waals surface area contributed by atoms with E-state index in [0.717, 1.165) is 22.3 Å². The number of carbonyl (C=O) groups excluding carboxylic acids is 3. The van der Waals surface area contributed by atoms with E-state index in [9.17, 15) is 14.4 Å². The second kappa shape index (κ2) is 6.62. The Bertz CT molecular complexity index is 752. The van der Waals surface area contributed by atoms with Crippen molar-refractivity contribution in [2.24, 2.45) is 5.92 Å². The average molecular weight is 344 g/mol. The predicted octanol–water partition coefficient (Wildman–Crippen LogP) is 3.67. The number of aryl methyl sites for hydroxylation is 2. The Hall–Kier alpha value is -2.17. The first-order valence-corrected chi connectivity index (χ1v) is 8.72. The molecule has 0 spiro atoms. The number of amides is 3. The van der Waals surface area contributed by atoms with Crippen LogP contribution in [0.15, 0.2) is 6.07 Å². The number of carbonyl (C=O) groups is 3.